The lowest BCUT2D eigenvalue weighted by Gasteiger charge is -2.31. The SMILES string of the molecule is CCc1nn(-c2c(F)c(F)c(C(N)=O)c(NC3CCC(OC(=O)CC(CN(C)C)OC(C)=O)CC3)c2F)c2c1C(=O)CC(C)(C)C2. The van der Waals surface area contributed by atoms with E-state index in [-0.39, 0.29) is 36.3 Å². The van der Waals surface area contributed by atoms with Gasteiger partial charge in [0.2, 0.25) is 0 Å². The van der Waals surface area contributed by atoms with Crippen LogP contribution in [0.15, 0.2) is 0 Å². The molecule has 1 saturated carbocycles. The third kappa shape index (κ3) is 7.54. The van der Waals surface area contributed by atoms with Gasteiger partial charge in [-0.15, -0.1) is 0 Å². The van der Waals surface area contributed by atoms with Gasteiger partial charge in [-0.2, -0.15) is 5.10 Å². The van der Waals surface area contributed by atoms with Gasteiger partial charge in [-0.05, 0) is 58.0 Å². The molecule has 14 heteroatoms. The van der Waals surface area contributed by atoms with Crippen LogP contribution in [0.5, 0.6) is 0 Å². The summed E-state index contributed by atoms with van der Waals surface area (Å²) in [6, 6.07) is -0.499. The van der Waals surface area contributed by atoms with Crippen molar-refractivity contribution < 1.29 is 41.8 Å². The quantitative estimate of drug-likeness (QED) is 0.269. The zero-order valence-corrected chi connectivity index (χ0v) is 27.1. The Morgan fingerprint density at radius 1 is 1.09 bits per heavy atom. The molecule has 0 saturated heterocycles. The number of amides is 1. The molecule has 1 aromatic heterocycles. The van der Waals surface area contributed by atoms with Gasteiger partial charge in [-0.25, -0.2) is 17.9 Å². The van der Waals surface area contributed by atoms with Crippen LogP contribution in [-0.4, -0.2) is 77.2 Å². The van der Waals surface area contributed by atoms with Crippen LogP contribution in [-0.2, 0) is 31.9 Å². The molecule has 2 aliphatic rings. The molecule has 1 fully saturated rings. The van der Waals surface area contributed by atoms with Crippen molar-refractivity contribution >= 4 is 29.3 Å². The van der Waals surface area contributed by atoms with Gasteiger partial charge in [0.25, 0.3) is 5.91 Å². The number of anilines is 1. The molecule has 0 bridgehead atoms. The highest BCUT2D eigenvalue weighted by Crippen LogP contribution is 2.40. The molecule has 3 N–H and O–H groups in total. The molecule has 1 heterocycles. The van der Waals surface area contributed by atoms with Gasteiger partial charge >= 0.3 is 11.9 Å². The summed E-state index contributed by atoms with van der Waals surface area (Å²) >= 11 is 0. The summed E-state index contributed by atoms with van der Waals surface area (Å²) in [5.74, 6) is -7.14. The number of ether oxygens (including phenoxy) is 2. The first-order valence-electron chi connectivity index (χ1n) is 15.4. The van der Waals surface area contributed by atoms with Crippen molar-refractivity contribution in [3.8, 4) is 5.69 Å². The van der Waals surface area contributed by atoms with E-state index in [4.69, 9.17) is 15.2 Å². The Morgan fingerprint density at radius 2 is 1.74 bits per heavy atom. The van der Waals surface area contributed by atoms with Crippen molar-refractivity contribution in [2.24, 2.45) is 11.1 Å². The molecular formula is C32H42F3N5O6. The molecule has 2 aliphatic carbocycles. The normalized spacial score (nSPS) is 19.8. The fourth-order valence-corrected chi connectivity index (χ4v) is 6.40. The summed E-state index contributed by atoms with van der Waals surface area (Å²) in [7, 11) is 3.57. The average Bonchev–Trinajstić information content (AvgIpc) is 3.29. The van der Waals surface area contributed by atoms with Gasteiger partial charge in [-0.1, -0.05) is 20.8 Å². The molecule has 0 aliphatic heterocycles. The number of aryl methyl sites for hydroxylation is 1. The van der Waals surface area contributed by atoms with Crippen molar-refractivity contribution in [3.05, 3.63) is 40.0 Å². The highest BCUT2D eigenvalue weighted by molar-refractivity contribution is 6.01. The number of halogens is 3. The summed E-state index contributed by atoms with van der Waals surface area (Å²) in [6.07, 6.45) is 0.955. The van der Waals surface area contributed by atoms with Crippen LogP contribution in [0.4, 0.5) is 18.9 Å². The lowest BCUT2D eigenvalue weighted by Crippen LogP contribution is -2.35. The largest absolute Gasteiger partial charge is 0.462 e. The number of Topliss-reactive ketones (excluding diaryl/α,β-unsaturated/α-hetero) is 1. The Bertz CT molecular complexity index is 1530. The molecule has 1 unspecified atom stereocenters. The maximum absolute atomic E-state index is 16.4. The topological polar surface area (TPSA) is 146 Å². The number of primary amides is 1. The third-order valence-electron chi connectivity index (χ3n) is 8.32. The first kappa shape index (κ1) is 34.9. The second kappa shape index (κ2) is 13.8. The molecule has 0 spiro atoms. The Balaban J connectivity index is 1.58. The number of carbonyl (C=O) groups is 4. The molecule has 46 heavy (non-hydrogen) atoms. The minimum Gasteiger partial charge on any atom is -0.462 e. The minimum absolute atomic E-state index is 0.125. The minimum atomic E-state index is -1.64. The first-order valence-corrected chi connectivity index (χ1v) is 15.4. The van der Waals surface area contributed by atoms with E-state index in [1.165, 1.54) is 6.92 Å². The summed E-state index contributed by atoms with van der Waals surface area (Å²) in [6.45, 7) is 7.06. The predicted octanol–water partition coefficient (Wildman–Crippen LogP) is 4.26. The van der Waals surface area contributed by atoms with Gasteiger partial charge in [0.1, 0.15) is 23.5 Å². The zero-order valence-electron chi connectivity index (χ0n) is 27.1. The van der Waals surface area contributed by atoms with Gasteiger partial charge in [0.15, 0.2) is 23.2 Å². The van der Waals surface area contributed by atoms with Gasteiger partial charge in [-0.3, -0.25) is 19.2 Å². The monoisotopic (exact) mass is 649 g/mol. The van der Waals surface area contributed by atoms with Crippen LogP contribution in [0, 0.1) is 22.9 Å². The van der Waals surface area contributed by atoms with Crippen molar-refractivity contribution in [1.82, 2.24) is 14.7 Å². The van der Waals surface area contributed by atoms with Crippen LogP contribution in [0.25, 0.3) is 5.69 Å². The molecule has 252 valence electrons. The molecule has 1 amide bonds. The molecule has 1 atom stereocenters. The number of nitrogens with zero attached hydrogens (tertiary/aromatic N) is 3. The maximum atomic E-state index is 16.4. The number of esters is 2. The molecule has 11 nitrogen and oxygen atoms in total. The maximum Gasteiger partial charge on any atom is 0.309 e. The molecular weight excluding hydrogens is 607 g/mol. The second-order valence-corrected chi connectivity index (χ2v) is 13.2. The van der Waals surface area contributed by atoms with Crippen molar-refractivity contribution in [1.29, 1.82) is 0 Å². The summed E-state index contributed by atoms with van der Waals surface area (Å²) in [4.78, 5) is 51.1. The van der Waals surface area contributed by atoms with E-state index in [2.05, 4.69) is 10.4 Å². The number of aromatic nitrogens is 2. The number of nitrogens with two attached hydrogens (primary N) is 1. The molecule has 1 aromatic carbocycles. The number of rotatable bonds is 11. The number of hydrogen-bond acceptors (Lipinski definition) is 9. The van der Waals surface area contributed by atoms with Gasteiger partial charge in [0.05, 0.1) is 29.1 Å². The third-order valence-corrected chi connectivity index (χ3v) is 8.32. The van der Waals surface area contributed by atoms with Crippen LogP contribution in [0.1, 0.15) is 98.3 Å². The summed E-state index contributed by atoms with van der Waals surface area (Å²) in [5.41, 5.74) is 3.38. The van der Waals surface area contributed by atoms with Gasteiger partial charge < -0.3 is 25.4 Å². The number of carbonyl (C=O) groups excluding carboxylic acids is 4. The lowest BCUT2D eigenvalue weighted by atomic mass is 9.75. The lowest BCUT2D eigenvalue weighted by molar-refractivity contribution is -0.158. The predicted molar refractivity (Wildman–Crippen MR) is 162 cm³/mol. The highest BCUT2D eigenvalue weighted by atomic mass is 19.2. The number of benzene rings is 1. The standard InChI is InChI=1S/C32H42F3N5O6/c1-7-20-24-21(13-32(3,4)14-22(24)42)40(38-20)30-27(34)26(33)25(31(36)44)29(28(30)35)37-17-8-10-18(11-9-17)46-23(43)12-19(15-39(5)6)45-16(2)41/h17-19,37H,7-15H2,1-6H3,(H2,36,44). The van der Waals surface area contributed by atoms with E-state index in [1.807, 2.05) is 13.8 Å². The highest BCUT2D eigenvalue weighted by Gasteiger charge is 2.39. The van der Waals surface area contributed by atoms with E-state index < -0.39 is 75.9 Å². The fraction of sp³-hybridized carbons (Fsp3) is 0.594. The first-order chi connectivity index (χ1) is 21.5. The molecule has 4 rings (SSSR count). The van der Waals surface area contributed by atoms with Gasteiger partial charge in [0, 0.05) is 25.9 Å². The van der Waals surface area contributed by atoms with Crippen molar-refractivity contribution in [2.75, 3.05) is 26.0 Å². The van der Waals surface area contributed by atoms with E-state index in [1.54, 1.807) is 25.9 Å². The van der Waals surface area contributed by atoms with Crippen LogP contribution in [0.3, 0.4) is 0 Å². The van der Waals surface area contributed by atoms with Crippen molar-refractivity contribution in [3.63, 3.8) is 0 Å². The summed E-state index contributed by atoms with van der Waals surface area (Å²) in [5, 5.41) is 7.20. The molecule has 0 radical (unpaired) electrons. The van der Waals surface area contributed by atoms with Crippen LogP contribution < -0.4 is 11.1 Å². The number of fused-ring (bicyclic) bond motifs is 1. The number of likely N-dealkylation sites (N-methyl/N-ethyl adjacent to an activating group) is 1. The molecule has 2 aromatic rings. The number of ketones is 1. The smallest absolute Gasteiger partial charge is 0.309 e. The second-order valence-electron chi connectivity index (χ2n) is 13.2. The van der Waals surface area contributed by atoms with Crippen LogP contribution >= 0.6 is 0 Å². The van der Waals surface area contributed by atoms with E-state index in [0.29, 0.717) is 44.3 Å². The average molecular weight is 650 g/mol. The Kier molecular flexibility index (Phi) is 10.5. The zero-order chi connectivity index (χ0) is 34.1. The van der Waals surface area contributed by atoms with E-state index >= 15 is 13.2 Å². The van der Waals surface area contributed by atoms with Crippen molar-refractivity contribution in [2.45, 2.75) is 97.3 Å². The van der Waals surface area contributed by atoms with E-state index in [9.17, 15) is 19.2 Å². The summed E-state index contributed by atoms with van der Waals surface area (Å²) < 4.78 is 59.3. The van der Waals surface area contributed by atoms with E-state index in [0.717, 1.165) is 4.68 Å². The van der Waals surface area contributed by atoms with Crippen LogP contribution in [0.2, 0.25) is 0 Å². The Hall–Kier alpha value is -3.94. The fourth-order valence-electron chi connectivity index (χ4n) is 6.40. The number of hydrogen-bond donors (Lipinski definition) is 2. The Morgan fingerprint density at radius 3 is 2.30 bits per heavy atom. The Labute approximate surface area is 265 Å². The number of nitrogens with one attached hydrogen (secondary N) is 1.